The lowest BCUT2D eigenvalue weighted by molar-refractivity contribution is 0.0579. The SMILES string of the molecule is C=CCn1c(C)nnc1SCOC(=O)c1ccccc1. The first kappa shape index (κ1) is 14.3. The average Bonchev–Trinajstić information content (AvgIpc) is 2.82. The number of thioether (sulfide) groups is 1. The Bertz CT molecular complexity index is 596. The fraction of sp³-hybridized carbons (Fsp3) is 0.214. The van der Waals surface area contributed by atoms with Crippen molar-refractivity contribution in [3.8, 4) is 0 Å². The van der Waals surface area contributed by atoms with E-state index in [9.17, 15) is 4.79 Å². The summed E-state index contributed by atoms with van der Waals surface area (Å²) >= 11 is 1.33. The van der Waals surface area contributed by atoms with Gasteiger partial charge in [0.15, 0.2) is 5.16 Å². The summed E-state index contributed by atoms with van der Waals surface area (Å²) in [6, 6.07) is 8.89. The van der Waals surface area contributed by atoms with Gasteiger partial charge in [-0.1, -0.05) is 24.3 Å². The maximum Gasteiger partial charge on any atom is 0.338 e. The Hall–Kier alpha value is -2.08. The third-order valence-electron chi connectivity index (χ3n) is 2.60. The number of ether oxygens (including phenoxy) is 1. The van der Waals surface area contributed by atoms with E-state index in [0.29, 0.717) is 17.3 Å². The van der Waals surface area contributed by atoms with Crippen molar-refractivity contribution in [1.82, 2.24) is 14.8 Å². The summed E-state index contributed by atoms with van der Waals surface area (Å²) in [5.74, 6) is 0.662. The van der Waals surface area contributed by atoms with Gasteiger partial charge in [-0.25, -0.2) is 4.79 Å². The number of aryl methyl sites for hydroxylation is 1. The van der Waals surface area contributed by atoms with Crippen LogP contribution in [0.15, 0.2) is 48.1 Å². The van der Waals surface area contributed by atoms with Crippen LogP contribution >= 0.6 is 11.8 Å². The summed E-state index contributed by atoms with van der Waals surface area (Å²) in [6.07, 6.45) is 1.77. The molecule has 0 atom stereocenters. The highest BCUT2D eigenvalue weighted by molar-refractivity contribution is 7.99. The number of carbonyl (C=O) groups is 1. The van der Waals surface area contributed by atoms with Crippen LogP contribution in [0, 0.1) is 6.92 Å². The molecule has 0 saturated heterocycles. The van der Waals surface area contributed by atoms with Crippen LogP contribution in [0.2, 0.25) is 0 Å². The van der Waals surface area contributed by atoms with Crippen molar-refractivity contribution in [3.05, 3.63) is 54.4 Å². The van der Waals surface area contributed by atoms with Crippen molar-refractivity contribution in [2.75, 3.05) is 5.94 Å². The second-order valence-corrected chi connectivity index (χ2v) is 4.88. The molecule has 0 spiro atoms. The monoisotopic (exact) mass is 289 g/mol. The minimum Gasteiger partial charge on any atom is -0.451 e. The summed E-state index contributed by atoms with van der Waals surface area (Å²) in [4.78, 5) is 11.8. The highest BCUT2D eigenvalue weighted by Gasteiger charge is 2.10. The van der Waals surface area contributed by atoms with Crippen LogP contribution in [-0.4, -0.2) is 26.7 Å². The largest absolute Gasteiger partial charge is 0.451 e. The maximum absolute atomic E-state index is 11.8. The van der Waals surface area contributed by atoms with E-state index in [-0.39, 0.29) is 11.9 Å². The topological polar surface area (TPSA) is 57.0 Å². The van der Waals surface area contributed by atoms with Gasteiger partial charge in [-0.05, 0) is 30.8 Å². The molecular formula is C14H15N3O2S. The number of carbonyl (C=O) groups excluding carboxylic acids is 1. The zero-order valence-electron chi connectivity index (χ0n) is 11.2. The minimum absolute atomic E-state index is 0.197. The van der Waals surface area contributed by atoms with Gasteiger partial charge in [0, 0.05) is 6.54 Å². The average molecular weight is 289 g/mol. The Balaban J connectivity index is 1.90. The normalized spacial score (nSPS) is 10.2. The van der Waals surface area contributed by atoms with Crippen molar-refractivity contribution in [3.63, 3.8) is 0 Å². The summed E-state index contributed by atoms with van der Waals surface area (Å²) in [6.45, 7) is 6.20. The van der Waals surface area contributed by atoms with Crippen molar-refractivity contribution >= 4 is 17.7 Å². The van der Waals surface area contributed by atoms with E-state index in [4.69, 9.17) is 4.74 Å². The van der Waals surface area contributed by atoms with Gasteiger partial charge < -0.3 is 9.30 Å². The number of benzene rings is 1. The molecule has 0 N–H and O–H groups in total. The molecule has 1 aromatic heterocycles. The number of hydrogen-bond donors (Lipinski definition) is 0. The molecule has 20 heavy (non-hydrogen) atoms. The zero-order valence-corrected chi connectivity index (χ0v) is 12.0. The van der Waals surface area contributed by atoms with E-state index < -0.39 is 0 Å². The van der Waals surface area contributed by atoms with Gasteiger partial charge in [0.2, 0.25) is 0 Å². The van der Waals surface area contributed by atoms with Crippen molar-refractivity contribution < 1.29 is 9.53 Å². The number of aromatic nitrogens is 3. The van der Waals surface area contributed by atoms with Crippen LogP contribution in [0.4, 0.5) is 0 Å². The van der Waals surface area contributed by atoms with Gasteiger partial charge >= 0.3 is 5.97 Å². The molecule has 0 radical (unpaired) electrons. The summed E-state index contributed by atoms with van der Waals surface area (Å²) in [5, 5.41) is 8.75. The molecule has 0 aliphatic heterocycles. The quantitative estimate of drug-likeness (QED) is 0.354. The number of esters is 1. The predicted octanol–water partition coefficient (Wildman–Crippen LogP) is 2.68. The Morgan fingerprint density at radius 3 is 2.85 bits per heavy atom. The first-order chi connectivity index (χ1) is 9.72. The van der Waals surface area contributed by atoms with Crippen molar-refractivity contribution in [2.24, 2.45) is 0 Å². The number of hydrogen-bond acceptors (Lipinski definition) is 5. The fourth-order valence-electron chi connectivity index (χ4n) is 1.60. The molecule has 0 unspecified atom stereocenters. The van der Waals surface area contributed by atoms with Crippen LogP contribution in [0.3, 0.4) is 0 Å². The Morgan fingerprint density at radius 2 is 2.15 bits per heavy atom. The first-order valence-electron chi connectivity index (χ1n) is 6.08. The predicted molar refractivity (Wildman–Crippen MR) is 77.5 cm³/mol. The second kappa shape index (κ2) is 6.91. The van der Waals surface area contributed by atoms with E-state index in [0.717, 1.165) is 5.82 Å². The molecule has 0 aliphatic rings. The molecule has 2 aromatic rings. The van der Waals surface area contributed by atoms with Gasteiger partial charge in [0.05, 0.1) is 5.56 Å². The fourth-order valence-corrected chi connectivity index (χ4v) is 2.33. The molecule has 5 nitrogen and oxygen atoms in total. The van der Waals surface area contributed by atoms with Gasteiger partial charge in [0.25, 0.3) is 0 Å². The van der Waals surface area contributed by atoms with Crippen LogP contribution in [0.5, 0.6) is 0 Å². The van der Waals surface area contributed by atoms with E-state index in [1.165, 1.54) is 11.8 Å². The molecular weight excluding hydrogens is 274 g/mol. The van der Waals surface area contributed by atoms with Gasteiger partial charge in [0.1, 0.15) is 11.8 Å². The first-order valence-corrected chi connectivity index (χ1v) is 7.06. The third kappa shape index (κ3) is 3.48. The maximum atomic E-state index is 11.8. The highest BCUT2D eigenvalue weighted by atomic mass is 32.2. The lowest BCUT2D eigenvalue weighted by Crippen LogP contribution is -2.06. The van der Waals surface area contributed by atoms with Crippen molar-refractivity contribution in [1.29, 1.82) is 0 Å². The molecule has 0 amide bonds. The molecule has 1 heterocycles. The Kier molecular flexibility index (Phi) is 4.95. The summed E-state index contributed by atoms with van der Waals surface area (Å²) < 4.78 is 7.10. The second-order valence-electron chi connectivity index (χ2n) is 3.99. The standard InChI is InChI=1S/C14H15N3O2S/c1-3-9-17-11(2)15-16-14(17)20-10-19-13(18)12-7-5-4-6-8-12/h3-8H,1,9-10H2,2H3. The smallest absolute Gasteiger partial charge is 0.338 e. The molecule has 0 fully saturated rings. The third-order valence-corrected chi connectivity index (χ3v) is 3.40. The zero-order chi connectivity index (χ0) is 14.4. The molecule has 1 aromatic carbocycles. The summed E-state index contributed by atoms with van der Waals surface area (Å²) in [7, 11) is 0. The van der Waals surface area contributed by atoms with E-state index in [1.807, 2.05) is 17.6 Å². The van der Waals surface area contributed by atoms with Crippen LogP contribution < -0.4 is 0 Å². The van der Waals surface area contributed by atoms with Gasteiger partial charge in [-0.15, -0.1) is 16.8 Å². The lowest BCUT2D eigenvalue weighted by atomic mass is 10.2. The molecule has 0 aliphatic carbocycles. The lowest BCUT2D eigenvalue weighted by Gasteiger charge is -2.06. The molecule has 104 valence electrons. The van der Waals surface area contributed by atoms with Gasteiger partial charge in [-0.2, -0.15) is 0 Å². The van der Waals surface area contributed by atoms with E-state index >= 15 is 0 Å². The highest BCUT2D eigenvalue weighted by Crippen LogP contribution is 2.17. The van der Waals surface area contributed by atoms with Crippen LogP contribution in [-0.2, 0) is 11.3 Å². The van der Waals surface area contributed by atoms with E-state index in [1.54, 1.807) is 30.3 Å². The summed E-state index contributed by atoms with van der Waals surface area (Å²) in [5.41, 5.74) is 0.539. The van der Waals surface area contributed by atoms with Crippen LogP contribution in [0.1, 0.15) is 16.2 Å². The number of allylic oxidation sites excluding steroid dienone is 1. The molecule has 2 rings (SSSR count). The van der Waals surface area contributed by atoms with Gasteiger partial charge in [-0.3, -0.25) is 0 Å². The number of rotatable bonds is 6. The van der Waals surface area contributed by atoms with E-state index in [2.05, 4.69) is 16.8 Å². The molecule has 0 bridgehead atoms. The molecule has 6 heteroatoms. The van der Waals surface area contributed by atoms with Crippen molar-refractivity contribution in [2.45, 2.75) is 18.6 Å². The number of nitrogens with zero attached hydrogens (tertiary/aromatic N) is 3. The van der Waals surface area contributed by atoms with Crippen LogP contribution in [0.25, 0.3) is 0 Å². The minimum atomic E-state index is -0.343. The Morgan fingerprint density at radius 1 is 1.40 bits per heavy atom. The molecule has 0 saturated carbocycles. The Labute approximate surface area is 121 Å².